The molecule has 0 aliphatic carbocycles. The van der Waals surface area contributed by atoms with Gasteiger partial charge in [-0.2, -0.15) is 5.10 Å². The second-order valence-electron chi connectivity index (χ2n) is 3.72. The molecule has 2 amide bonds. The first kappa shape index (κ1) is 13.8. The van der Waals surface area contributed by atoms with Crippen LogP contribution in [0.5, 0.6) is 11.6 Å². The molecule has 0 atom stereocenters. The van der Waals surface area contributed by atoms with E-state index in [4.69, 9.17) is 22.1 Å². The Hall–Kier alpha value is -2.60. The maximum absolute atomic E-state index is 10.4. The first-order chi connectivity index (χ1) is 9.63. The molecule has 1 heterocycles. The van der Waals surface area contributed by atoms with Gasteiger partial charge < -0.3 is 10.5 Å². The highest BCUT2D eigenvalue weighted by Gasteiger charge is 1.98. The maximum atomic E-state index is 10.4. The number of hydrogen-bond donors (Lipinski definition) is 2. The van der Waals surface area contributed by atoms with Crippen molar-refractivity contribution in [3.05, 3.63) is 53.2 Å². The largest absolute Gasteiger partial charge is 0.439 e. The lowest BCUT2D eigenvalue weighted by Crippen LogP contribution is -2.24. The highest BCUT2D eigenvalue weighted by molar-refractivity contribution is 6.30. The van der Waals surface area contributed by atoms with Gasteiger partial charge in [-0.3, -0.25) is 0 Å². The minimum absolute atomic E-state index is 0.437. The van der Waals surface area contributed by atoms with Crippen molar-refractivity contribution >= 4 is 23.8 Å². The topological polar surface area (TPSA) is 89.6 Å². The fourth-order valence-corrected chi connectivity index (χ4v) is 1.45. The Bertz CT molecular complexity index is 611. The van der Waals surface area contributed by atoms with E-state index >= 15 is 0 Å². The van der Waals surface area contributed by atoms with Gasteiger partial charge in [0, 0.05) is 22.8 Å². The van der Waals surface area contributed by atoms with Crippen molar-refractivity contribution in [2.24, 2.45) is 10.8 Å². The lowest BCUT2D eigenvalue weighted by Gasteiger charge is -2.04. The number of carbonyl (C=O) groups excluding carboxylic acids is 1. The van der Waals surface area contributed by atoms with E-state index in [0.29, 0.717) is 22.2 Å². The summed E-state index contributed by atoms with van der Waals surface area (Å²) in [7, 11) is 0. The van der Waals surface area contributed by atoms with E-state index in [0.717, 1.165) is 0 Å². The molecule has 0 saturated heterocycles. The van der Waals surface area contributed by atoms with Crippen LogP contribution in [0.4, 0.5) is 4.79 Å². The molecule has 7 heteroatoms. The van der Waals surface area contributed by atoms with E-state index in [1.54, 1.807) is 42.6 Å². The molecular formula is C13H11ClN4O2. The van der Waals surface area contributed by atoms with Crippen LogP contribution in [0.3, 0.4) is 0 Å². The number of hydrazone groups is 1. The number of carbonyl (C=O) groups is 1. The number of urea groups is 1. The number of amides is 2. The molecule has 20 heavy (non-hydrogen) atoms. The fourth-order valence-electron chi connectivity index (χ4n) is 1.32. The smallest absolute Gasteiger partial charge is 0.332 e. The van der Waals surface area contributed by atoms with Crippen LogP contribution in [0.2, 0.25) is 5.02 Å². The van der Waals surface area contributed by atoms with Crippen LogP contribution in [0, 0.1) is 0 Å². The van der Waals surface area contributed by atoms with Crippen molar-refractivity contribution in [2.75, 3.05) is 0 Å². The quantitative estimate of drug-likeness (QED) is 0.670. The van der Waals surface area contributed by atoms with E-state index in [-0.39, 0.29) is 0 Å². The van der Waals surface area contributed by atoms with E-state index < -0.39 is 6.03 Å². The summed E-state index contributed by atoms with van der Waals surface area (Å²) in [4.78, 5) is 14.5. The predicted octanol–water partition coefficient (Wildman–Crippen LogP) is 2.53. The van der Waals surface area contributed by atoms with E-state index in [1.807, 2.05) is 0 Å². The molecule has 3 N–H and O–H groups in total. The standard InChI is InChI=1S/C13H11ClN4O2/c14-10-2-4-11(5-3-10)20-12-6-1-9(7-16-12)8-17-18-13(15)19/h1-8H,(H3,15,18,19)/b17-8+. The summed E-state index contributed by atoms with van der Waals surface area (Å²) in [5, 5.41) is 4.26. The third kappa shape index (κ3) is 4.25. The predicted molar refractivity (Wildman–Crippen MR) is 76.1 cm³/mol. The molecule has 1 aromatic heterocycles. The highest BCUT2D eigenvalue weighted by atomic mass is 35.5. The number of aromatic nitrogens is 1. The Morgan fingerprint density at radius 2 is 2.05 bits per heavy atom. The van der Waals surface area contributed by atoms with Crippen LogP contribution in [-0.2, 0) is 0 Å². The lowest BCUT2D eigenvalue weighted by molar-refractivity contribution is 0.249. The summed E-state index contributed by atoms with van der Waals surface area (Å²) in [6.45, 7) is 0. The lowest BCUT2D eigenvalue weighted by atomic mass is 10.3. The van der Waals surface area contributed by atoms with Gasteiger partial charge in [0.25, 0.3) is 0 Å². The molecule has 2 rings (SSSR count). The molecule has 2 aromatic rings. The van der Waals surface area contributed by atoms with Crippen LogP contribution in [0.1, 0.15) is 5.56 Å². The average molecular weight is 291 g/mol. The molecule has 0 radical (unpaired) electrons. The highest BCUT2D eigenvalue weighted by Crippen LogP contribution is 2.21. The summed E-state index contributed by atoms with van der Waals surface area (Å²) >= 11 is 5.78. The SMILES string of the molecule is NC(=O)N/N=C/c1ccc(Oc2ccc(Cl)cc2)nc1. The molecular weight excluding hydrogens is 280 g/mol. The number of nitrogens with zero attached hydrogens (tertiary/aromatic N) is 2. The molecule has 0 aliphatic heterocycles. The van der Waals surface area contributed by atoms with Crippen LogP contribution in [0.25, 0.3) is 0 Å². The summed E-state index contributed by atoms with van der Waals surface area (Å²) in [5.74, 6) is 1.08. The Balaban J connectivity index is 1.99. The number of ether oxygens (including phenoxy) is 1. The van der Waals surface area contributed by atoms with Crippen LogP contribution < -0.4 is 15.9 Å². The molecule has 0 bridgehead atoms. The van der Waals surface area contributed by atoms with Gasteiger partial charge in [0.05, 0.1) is 6.21 Å². The summed E-state index contributed by atoms with van der Waals surface area (Å²) in [5.41, 5.74) is 7.66. The molecule has 6 nitrogen and oxygen atoms in total. The van der Waals surface area contributed by atoms with Gasteiger partial charge >= 0.3 is 6.03 Å². The van der Waals surface area contributed by atoms with Crippen LogP contribution in [-0.4, -0.2) is 17.2 Å². The first-order valence-corrected chi connectivity index (χ1v) is 5.99. The van der Waals surface area contributed by atoms with Gasteiger partial charge in [-0.1, -0.05) is 11.6 Å². The van der Waals surface area contributed by atoms with Crippen molar-refractivity contribution in [2.45, 2.75) is 0 Å². The zero-order chi connectivity index (χ0) is 14.4. The number of rotatable bonds is 4. The monoisotopic (exact) mass is 290 g/mol. The maximum Gasteiger partial charge on any atom is 0.332 e. The van der Waals surface area contributed by atoms with Crippen molar-refractivity contribution < 1.29 is 9.53 Å². The van der Waals surface area contributed by atoms with E-state index in [1.165, 1.54) is 6.21 Å². The molecule has 0 saturated carbocycles. The fraction of sp³-hybridized carbons (Fsp3) is 0. The van der Waals surface area contributed by atoms with Crippen molar-refractivity contribution in [3.63, 3.8) is 0 Å². The Morgan fingerprint density at radius 1 is 1.30 bits per heavy atom. The van der Waals surface area contributed by atoms with Gasteiger partial charge in [0.1, 0.15) is 5.75 Å². The number of benzene rings is 1. The number of hydrogen-bond acceptors (Lipinski definition) is 4. The van der Waals surface area contributed by atoms with Crippen LogP contribution >= 0.6 is 11.6 Å². The number of nitrogens with two attached hydrogens (primary N) is 1. The van der Waals surface area contributed by atoms with Crippen molar-refractivity contribution in [1.29, 1.82) is 0 Å². The molecule has 0 fully saturated rings. The third-order valence-electron chi connectivity index (χ3n) is 2.18. The zero-order valence-electron chi connectivity index (χ0n) is 10.3. The summed E-state index contributed by atoms with van der Waals surface area (Å²) in [6.07, 6.45) is 2.97. The second kappa shape index (κ2) is 6.53. The number of nitrogens with one attached hydrogen (secondary N) is 1. The average Bonchev–Trinajstić information content (AvgIpc) is 2.43. The van der Waals surface area contributed by atoms with Gasteiger partial charge in [-0.05, 0) is 30.3 Å². The zero-order valence-corrected chi connectivity index (χ0v) is 11.0. The number of primary amides is 1. The second-order valence-corrected chi connectivity index (χ2v) is 4.16. The molecule has 0 spiro atoms. The molecule has 102 valence electrons. The van der Waals surface area contributed by atoms with Crippen LogP contribution in [0.15, 0.2) is 47.7 Å². The normalized spacial score (nSPS) is 10.4. The van der Waals surface area contributed by atoms with Crippen molar-refractivity contribution in [3.8, 4) is 11.6 Å². The van der Waals surface area contributed by atoms with Gasteiger partial charge in [0.2, 0.25) is 5.88 Å². The minimum atomic E-state index is -0.725. The van der Waals surface area contributed by atoms with E-state index in [2.05, 4.69) is 15.5 Å². The Morgan fingerprint density at radius 3 is 2.65 bits per heavy atom. The summed E-state index contributed by atoms with van der Waals surface area (Å²) in [6, 6.07) is 9.65. The first-order valence-electron chi connectivity index (χ1n) is 5.61. The van der Waals surface area contributed by atoms with E-state index in [9.17, 15) is 4.79 Å². The molecule has 0 unspecified atom stereocenters. The third-order valence-corrected chi connectivity index (χ3v) is 2.44. The number of halogens is 1. The minimum Gasteiger partial charge on any atom is -0.439 e. The summed E-state index contributed by atoms with van der Waals surface area (Å²) < 4.78 is 5.53. The van der Waals surface area contributed by atoms with Gasteiger partial charge in [-0.25, -0.2) is 15.2 Å². The Kier molecular flexibility index (Phi) is 4.52. The van der Waals surface area contributed by atoms with Crippen molar-refractivity contribution in [1.82, 2.24) is 10.4 Å². The molecule has 0 aliphatic rings. The Labute approximate surface area is 120 Å². The van der Waals surface area contributed by atoms with Gasteiger partial charge in [-0.15, -0.1) is 0 Å². The molecule has 1 aromatic carbocycles. The van der Waals surface area contributed by atoms with Gasteiger partial charge in [0.15, 0.2) is 0 Å². The number of pyridine rings is 1.